The summed E-state index contributed by atoms with van der Waals surface area (Å²) in [5.41, 5.74) is 0.721. The topological polar surface area (TPSA) is 0 Å². The normalized spacial score (nSPS) is 51.4. The zero-order valence-corrected chi connectivity index (χ0v) is 9.10. The predicted molar refractivity (Wildman–Crippen MR) is 58.0 cm³/mol. The van der Waals surface area contributed by atoms with E-state index in [1.54, 1.807) is 0 Å². The predicted octanol–water partition coefficient (Wildman–Crippen LogP) is 3.71. The minimum absolute atomic E-state index is 0.150. The van der Waals surface area contributed by atoms with Crippen LogP contribution in [0.1, 0.15) is 58.8 Å². The van der Waals surface area contributed by atoms with E-state index in [0.29, 0.717) is 0 Å². The molecule has 1 heteroatoms. The first-order chi connectivity index (χ1) is 6.02. The van der Waals surface area contributed by atoms with Crippen LogP contribution in [0.4, 0.5) is 0 Å². The largest absolute Gasteiger partial charge is 0.0742 e. The lowest BCUT2D eigenvalue weighted by Crippen LogP contribution is -2.27. The van der Waals surface area contributed by atoms with E-state index in [4.69, 9.17) is 7.85 Å². The molecule has 0 bridgehead atoms. The molecule has 0 amide bonds. The molecule has 2 aliphatic rings. The molecule has 0 aromatic carbocycles. The lowest BCUT2D eigenvalue weighted by atomic mass is 9.55. The first-order valence-corrected chi connectivity index (χ1v) is 5.80. The van der Waals surface area contributed by atoms with E-state index in [2.05, 4.69) is 13.8 Å². The fraction of sp³-hybridized carbons (Fsp3) is 1.00. The van der Waals surface area contributed by atoms with Gasteiger partial charge in [0.05, 0.1) is 7.85 Å². The summed E-state index contributed by atoms with van der Waals surface area (Å²) >= 11 is 0. The van der Waals surface area contributed by atoms with Crippen molar-refractivity contribution >= 4 is 7.85 Å². The highest BCUT2D eigenvalue weighted by Gasteiger charge is 2.41. The Hall–Kier alpha value is 0.0649. The Balaban J connectivity index is 1.97. The lowest BCUT2D eigenvalue weighted by Gasteiger charge is -2.42. The van der Waals surface area contributed by atoms with Crippen LogP contribution in [0.25, 0.3) is 0 Å². The van der Waals surface area contributed by atoms with Gasteiger partial charge in [0.2, 0.25) is 0 Å². The Kier molecular flexibility index (Phi) is 2.24. The Morgan fingerprint density at radius 1 is 1.08 bits per heavy atom. The van der Waals surface area contributed by atoms with E-state index in [1.165, 1.54) is 44.9 Å². The summed E-state index contributed by atoms with van der Waals surface area (Å²) in [5.74, 6) is 0.974. The molecule has 0 aromatic rings. The van der Waals surface area contributed by atoms with Crippen molar-refractivity contribution in [1.29, 1.82) is 0 Å². The van der Waals surface area contributed by atoms with E-state index in [-0.39, 0.29) is 5.31 Å². The lowest BCUT2D eigenvalue weighted by molar-refractivity contribution is 0.164. The Morgan fingerprint density at radius 3 is 2.15 bits per heavy atom. The van der Waals surface area contributed by atoms with Crippen molar-refractivity contribution in [2.24, 2.45) is 11.3 Å². The molecular weight excluding hydrogens is 155 g/mol. The minimum atomic E-state index is 0.150. The first-order valence-electron chi connectivity index (χ1n) is 5.80. The van der Waals surface area contributed by atoms with E-state index in [1.807, 2.05) is 0 Å². The summed E-state index contributed by atoms with van der Waals surface area (Å²) < 4.78 is 0. The molecule has 2 radical (unpaired) electrons. The summed E-state index contributed by atoms with van der Waals surface area (Å²) in [6.45, 7) is 4.63. The maximum Gasteiger partial charge on any atom is 0.0742 e. The molecule has 72 valence electrons. The highest BCUT2D eigenvalue weighted by atomic mass is 14.5. The zero-order chi connectivity index (χ0) is 9.53. The molecule has 1 atom stereocenters. The standard InChI is InChI=1S/C12H21B/c1-10-3-4-12(9-10)7-5-11(2,13)6-8-12/h10H,3-9H2,1-2H3. The molecule has 2 aliphatic carbocycles. The molecule has 2 fully saturated rings. The number of hydrogen-bond donors (Lipinski definition) is 0. The van der Waals surface area contributed by atoms with Crippen molar-refractivity contribution in [3.63, 3.8) is 0 Å². The Morgan fingerprint density at radius 2 is 1.69 bits per heavy atom. The van der Waals surface area contributed by atoms with Gasteiger partial charge >= 0.3 is 0 Å². The van der Waals surface area contributed by atoms with Crippen molar-refractivity contribution in [3.8, 4) is 0 Å². The van der Waals surface area contributed by atoms with Gasteiger partial charge in [0.1, 0.15) is 0 Å². The molecule has 1 spiro atoms. The molecule has 0 aromatic heterocycles. The van der Waals surface area contributed by atoms with Gasteiger partial charge in [0, 0.05) is 0 Å². The molecule has 0 nitrogen and oxygen atoms in total. The molecule has 2 saturated carbocycles. The third-order valence-corrected chi connectivity index (χ3v) is 4.40. The van der Waals surface area contributed by atoms with E-state index >= 15 is 0 Å². The van der Waals surface area contributed by atoms with Crippen LogP contribution < -0.4 is 0 Å². The smallest absolute Gasteiger partial charge is 0.0688 e. The highest BCUT2D eigenvalue weighted by Crippen LogP contribution is 2.56. The maximum atomic E-state index is 6.16. The van der Waals surface area contributed by atoms with Gasteiger partial charge in [0.15, 0.2) is 0 Å². The number of rotatable bonds is 0. The van der Waals surface area contributed by atoms with Crippen molar-refractivity contribution in [2.45, 2.75) is 64.1 Å². The molecule has 0 aliphatic heterocycles. The van der Waals surface area contributed by atoms with Gasteiger partial charge in [-0.25, -0.2) is 0 Å². The second kappa shape index (κ2) is 3.03. The second-order valence-corrected chi connectivity index (χ2v) is 6.00. The second-order valence-electron chi connectivity index (χ2n) is 6.00. The third kappa shape index (κ3) is 1.95. The van der Waals surface area contributed by atoms with Gasteiger partial charge in [-0.1, -0.05) is 38.4 Å². The van der Waals surface area contributed by atoms with E-state index in [0.717, 1.165) is 11.3 Å². The summed E-state index contributed by atoms with van der Waals surface area (Å²) in [6.07, 6.45) is 9.70. The fourth-order valence-corrected chi connectivity index (χ4v) is 3.30. The van der Waals surface area contributed by atoms with Gasteiger partial charge in [-0.05, 0) is 37.0 Å². The van der Waals surface area contributed by atoms with Gasteiger partial charge in [-0.2, -0.15) is 0 Å². The van der Waals surface area contributed by atoms with Crippen LogP contribution in [0.3, 0.4) is 0 Å². The van der Waals surface area contributed by atoms with E-state index < -0.39 is 0 Å². The van der Waals surface area contributed by atoms with Crippen LogP contribution in [0, 0.1) is 11.3 Å². The molecule has 13 heavy (non-hydrogen) atoms. The van der Waals surface area contributed by atoms with Crippen LogP contribution >= 0.6 is 0 Å². The van der Waals surface area contributed by atoms with Crippen LogP contribution in [0.2, 0.25) is 5.31 Å². The monoisotopic (exact) mass is 176 g/mol. The summed E-state index contributed by atoms with van der Waals surface area (Å²) in [5, 5.41) is 0.150. The average Bonchev–Trinajstić information content (AvgIpc) is 2.41. The highest BCUT2D eigenvalue weighted by molar-refractivity contribution is 6.14. The van der Waals surface area contributed by atoms with Crippen LogP contribution in [-0.2, 0) is 0 Å². The van der Waals surface area contributed by atoms with Crippen molar-refractivity contribution in [3.05, 3.63) is 0 Å². The zero-order valence-electron chi connectivity index (χ0n) is 9.10. The molecule has 0 heterocycles. The summed E-state index contributed by atoms with van der Waals surface area (Å²) in [6, 6.07) is 0. The summed E-state index contributed by atoms with van der Waals surface area (Å²) in [4.78, 5) is 0. The fourth-order valence-electron chi connectivity index (χ4n) is 3.30. The SMILES string of the molecule is [B]C1(C)CCC2(CCC(C)C2)CC1. The van der Waals surface area contributed by atoms with Crippen LogP contribution in [0.15, 0.2) is 0 Å². The Bertz CT molecular complexity index is 185. The van der Waals surface area contributed by atoms with Crippen molar-refractivity contribution in [1.82, 2.24) is 0 Å². The van der Waals surface area contributed by atoms with Crippen LogP contribution in [0.5, 0.6) is 0 Å². The minimum Gasteiger partial charge on any atom is -0.0688 e. The van der Waals surface area contributed by atoms with Crippen LogP contribution in [-0.4, -0.2) is 7.85 Å². The van der Waals surface area contributed by atoms with Gasteiger partial charge in [0.25, 0.3) is 0 Å². The molecular formula is C12H21B. The van der Waals surface area contributed by atoms with E-state index in [9.17, 15) is 0 Å². The van der Waals surface area contributed by atoms with Gasteiger partial charge in [-0.15, -0.1) is 0 Å². The van der Waals surface area contributed by atoms with Gasteiger partial charge in [-0.3, -0.25) is 0 Å². The third-order valence-electron chi connectivity index (χ3n) is 4.40. The maximum absolute atomic E-state index is 6.16. The number of hydrogen-bond acceptors (Lipinski definition) is 0. The molecule has 0 saturated heterocycles. The average molecular weight is 176 g/mol. The molecule has 0 N–H and O–H groups in total. The first kappa shape index (κ1) is 9.61. The Labute approximate surface area is 83.9 Å². The quantitative estimate of drug-likeness (QED) is 0.493. The van der Waals surface area contributed by atoms with Crippen molar-refractivity contribution in [2.75, 3.05) is 0 Å². The molecule has 2 rings (SSSR count). The van der Waals surface area contributed by atoms with Crippen molar-refractivity contribution < 1.29 is 0 Å². The summed E-state index contributed by atoms with van der Waals surface area (Å²) in [7, 11) is 6.16. The van der Waals surface area contributed by atoms with Gasteiger partial charge < -0.3 is 0 Å². The molecule has 1 unspecified atom stereocenters.